The Balaban J connectivity index is 2.24. The van der Waals surface area contributed by atoms with Crippen molar-refractivity contribution in [2.45, 2.75) is 26.2 Å². The van der Waals surface area contributed by atoms with Gasteiger partial charge in [-0.2, -0.15) is 0 Å². The summed E-state index contributed by atoms with van der Waals surface area (Å²) in [5.74, 6) is 0.479. The second-order valence-corrected chi connectivity index (χ2v) is 4.50. The van der Waals surface area contributed by atoms with E-state index in [2.05, 4.69) is 4.90 Å². The maximum absolute atomic E-state index is 11.1. The predicted octanol–water partition coefficient (Wildman–Crippen LogP) is 1.17. The lowest BCUT2D eigenvalue weighted by atomic mass is 9.95. The highest BCUT2D eigenvalue weighted by molar-refractivity contribution is 5.81. The van der Waals surface area contributed by atoms with E-state index in [4.69, 9.17) is 10.5 Å². The summed E-state index contributed by atoms with van der Waals surface area (Å²) in [7, 11) is 0. The Hall–Kier alpha value is -0.870. The van der Waals surface area contributed by atoms with Crippen LogP contribution >= 0.6 is 0 Å². The smallest absolute Gasteiger partial charge is 0.330 e. The lowest BCUT2D eigenvalue weighted by Crippen LogP contribution is -2.36. The van der Waals surface area contributed by atoms with Crippen LogP contribution in [0.5, 0.6) is 0 Å². The van der Waals surface area contributed by atoms with Gasteiger partial charge < -0.3 is 10.5 Å². The SMILES string of the molecule is CCOC(=O)C=CCN1CCCC(CCN)C1. The van der Waals surface area contributed by atoms with Gasteiger partial charge in [-0.15, -0.1) is 0 Å². The molecule has 1 aliphatic rings. The summed E-state index contributed by atoms with van der Waals surface area (Å²) in [4.78, 5) is 13.5. The van der Waals surface area contributed by atoms with Gasteiger partial charge in [-0.05, 0) is 45.2 Å². The first-order valence-corrected chi connectivity index (χ1v) is 6.52. The van der Waals surface area contributed by atoms with Crippen molar-refractivity contribution < 1.29 is 9.53 Å². The van der Waals surface area contributed by atoms with Gasteiger partial charge in [-0.1, -0.05) is 6.08 Å². The lowest BCUT2D eigenvalue weighted by molar-refractivity contribution is -0.137. The third-order valence-corrected chi connectivity index (χ3v) is 3.08. The summed E-state index contributed by atoms with van der Waals surface area (Å²) < 4.78 is 4.83. The van der Waals surface area contributed by atoms with E-state index in [9.17, 15) is 4.79 Å². The Morgan fingerprint density at radius 1 is 1.59 bits per heavy atom. The minimum absolute atomic E-state index is 0.247. The average molecular weight is 240 g/mol. The van der Waals surface area contributed by atoms with E-state index >= 15 is 0 Å². The molecule has 0 aromatic heterocycles. The van der Waals surface area contributed by atoms with E-state index in [1.54, 1.807) is 0 Å². The maximum atomic E-state index is 11.1. The minimum Gasteiger partial charge on any atom is -0.463 e. The lowest BCUT2D eigenvalue weighted by Gasteiger charge is -2.31. The number of piperidine rings is 1. The Bertz CT molecular complexity index is 252. The van der Waals surface area contributed by atoms with Crippen LogP contribution in [0.15, 0.2) is 12.2 Å². The zero-order chi connectivity index (χ0) is 12.5. The molecule has 98 valence electrons. The standard InChI is InChI=1S/C13H24N2O2/c1-2-17-13(16)6-4-10-15-9-3-5-12(11-15)7-8-14/h4,6,12H,2-3,5,7-11,14H2,1H3. The second-order valence-electron chi connectivity index (χ2n) is 4.50. The van der Waals surface area contributed by atoms with Gasteiger partial charge in [0, 0.05) is 19.2 Å². The fourth-order valence-electron chi connectivity index (χ4n) is 2.28. The van der Waals surface area contributed by atoms with Crippen LogP contribution in [-0.2, 0) is 9.53 Å². The zero-order valence-electron chi connectivity index (χ0n) is 10.7. The van der Waals surface area contributed by atoms with Crippen LogP contribution in [0.1, 0.15) is 26.2 Å². The quantitative estimate of drug-likeness (QED) is 0.559. The van der Waals surface area contributed by atoms with Crippen LogP contribution < -0.4 is 5.73 Å². The molecule has 0 radical (unpaired) electrons. The van der Waals surface area contributed by atoms with Gasteiger partial charge in [0.25, 0.3) is 0 Å². The summed E-state index contributed by atoms with van der Waals surface area (Å²) in [5, 5.41) is 0. The number of carbonyl (C=O) groups is 1. The van der Waals surface area contributed by atoms with Crippen LogP contribution in [-0.4, -0.2) is 43.7 Å². The number of carbonyl (C=O) groups excluding carboxylic acids is 1. The molecule has 0 bridgehead atoms. The van der Waals surface area contributed by atoms with Gasteiger partial charge in [-0.25, -0.2) is 4.79 Å². The zero-order valence-corrected chi connectivity index (χ0v) is 10.7. The molecule has 0 amide bonds. The first-order chi connectivity index (χ1) is 8.26. The molecule has 0 aromatic carbocycles. The first kappa shape index (κ1) is 14.2. The number of esters is 1. The van der Waals surface area contributed by atoms with Crippen molar-refractivity contribution in [1.82, 2.24) is 4.90 Å². The topological polar surface area (TPSA) is 55.6 Å². The summed E-state index contributed by atoms with van der Waals surface area (Å²) in [6.07, 6.45) is 7.05. The molecule has 1 atom stereocenters. The van der Waals surface area contributed by atoms with Crippen LogP contribution in [0.4, 0.5) is 0 Å². The third kappa shape index (κ3) is 5.84. The van der Waals surface area contributed by atoms with E-state index in [1.165, 1.54) is 18.9 Å². The Labute approximate surface area is 104 Å². The van der Waals surface area contributed by atoms with Gasteiger partial charge in [0.05, 0.1) is 6.61 Å². The van der Waals surface area contributed by atoms with Crippen molar-refractivity contribution in [2.24, 2.45) is 11.7 Å². The average Bonchev–Trinajstić information content (AvgIpc) is 2.30. The second kappa shape index (κ2) is 8.25. The molecule has 0 spiro atoms. The molecule has 4 heteroatoms. The molecule has 1 rings (SSSR count). The number of hydrogen-bond donors (Lipinski definition) is 1. The molecule has 1 saturated heterocycles. The highest BCUT2D eigenvalue weighted by Gasteiger charge is 2.17. The van der Waals surface area contributed by atoms with E-state index in [1.807, 2.05) is 13.0 Å². The fraction of sp³-hybridized carbons (Fsp3) is 0.769. The number of nitrogens with zero attached hydrogens (tertiary/aromatic N) is 1. The Kier molecular flexibility index (Phi) is 6.89. The van der Waals surface area contributed by atoms with E-state index in [0.29, 0.717) is 6.61 Å². The number of rotatable bonds is 6. The van der Waals surface area contributed by atoms with E-state index < -0.39 is 0 Å². The molecule has 1 unspecified atom stereocenters. The normalized spacial score (nSPS) is 21.9. The van der Waals surface area contributed by atoms with E-state index in [-0.39, 0.29) is 5.97 Å². The first-order valence-electron chi connectivity index (χ1n) is 6.52. The molecular formula is C13H24N2O2. The number of hydrogen-bond acceptors (Lipinski definition) is 4. The van der Waals surface area contributed by atoms with Crippen molar-refractivity contribution in [3.05, 3.63) is 12.2 Å². The number of ether oxygens (including phenoxy) is 1. The molecule has 17 heavy (non-hydrogen) atoms. The van der Waals surface area contributed by atoms with Crippen LogP contribution in [0.2, 0.25) is 0 Å². The summed E-state index contributed by atoms with van der Waals surface area (Å²) >= 11 is 0. The van der Waals surface area contributed by atoms with Crippen molar-refractivity contribution in [3.8, 4) is 0 Å². The fourth-order valence-corrected chi connectivity index (χ4v) is 2.28. The van der Waals surface area contributed by atoms with Crippen molar-refractivity contribution in [2.75, 3.05) is 32.8 Å². The molecule has 0 aliphatic carbocycles. The molecule has 0 aromatic rings. The monoisotopic (exact) mass is 240 g/mol. The number of likely N-dealkylation sites (tertiary alicyclic amines) is 1. The summed E-state index contributed by atoms with van der Waals surface area (Å²) in [6.45, 7) is 6.08. The van der Waals surface area contributed by atoms with Gasteiger partial charge in [0.1, 0.15) is 0 Å². The highest BCUT2D eigenvalue weighted by Crippen LogP contribution is 2.18. The minimum atomic E-state index is -0.247. The Morgan fingerprint density at radius 2 is 2.41 bits per heavy atom. The third-order valence-electron chi connectivity index (χ3n) is 3.08. The molecule has 4 nitrogen and oxygen atoms in total. The Morgan fingerprint density at radius 3 is 3.12 bits per heavy atom. The van der Waals surface area contributed by atoms with Gasteiger partial charge in [0.15, 0.2) is 0 Å². The van der Waals surface area contributed by atoms with Crippen molar-refractivity contribution in [1.29, 1.82) is 0 Å². The van der Waals surface area contributed by atoms with Crippen molar-refractivity contribution >= 4 is 5.97 Å². The van der Waals surface area contributed by atoms with Gasteiger partial charge in [0.2, 0.25) is 0 Å². The molecule has 1 fully saturated rings. The molecule has 2 N–H and O–H groups in total. The van der Waals surface area contributed by atoms with Crippen molar-refractivity contribution in [3.63, 3.8) is 0 Å². The maximum Gasteiger partial charge on any atom is 0.330 e. The van der Waals surface area contributed by atoms with Crippen LogP contribution in [0.3, 0.4) is 0 Å². The van der Waals surface area contributed by atoms with Crippen LogP contribution in [0.25, 0.3) is 0 Å². The summed E-state index contributed by atoms with van der Waals surface area (Å²) in [5.41, 5.74) is 5.58. The molecule has 1 aliphatic heterocycles. The summed E-state index contributed by atoms with van der Waals surface area (Å²) in [6, 6.07) is 0. The highest BCUT2D eigenvalue weighted by atomic mass is 16.5. The molecular weight excluding hydrogens is 216 g/mol. The molecule has 0 saturated carbocycles. The van der Waals surface area contributed by atoms with E-state index in [0.717, 1.165) is 38.5 Å². The van der Waals surface area contributed by atoms with Crippen LogP contribution in [0, 0.1) is 5.92 Å². The predicted molar refractivity (Wildman–Crippen MR) is 68.6 cm³/mol. The molecule has 1 heterocycles. The largest absolute Gasteiger partial charge is 0.463 e. The van der Waals surface area contributed by atoms with Gasteiger partial charge >= 0.3 is 5.97 Å². The van der Waals surface area contributed by atoms with Gasteiger partial charge in [-0.3, -0.25) is 4.90 Å². The number of nitrogens with two attached hydrogens (primary N) is 1.